The Morgan fingerprint density at radius 3 is 2.82 bits per heavy atom. The first-order chi connectivity index (χ1) is 8.08. The van der Waals surface area contributed by atoms with Crippen molar-refractivity contribution in [1.29, 1.82) is 0 Å². The summed E-state index contributed by atoms with van der Waals surface area (Å²) in [4.78, 5) is 11.8. The van der Waals surface area contributed by atoms with Gasteiger partial charge in [0.2, 0.25) is 0 Å². The van der Waals surface area contributed by atoms with Crippen LogP contribution >= 0.6 is 23.2 Å². The molecule has 2 rings (SSSR count). The van der Waals surface area contributed by atoms with E-state index in [0.717, 1.165) is 5.56 Å². The third-order valence-corrected chi connectivity index (χ3v) is 2.79. The molecule has 0 unspecified atom stereocenters. The summed E-state index contributed by atoms with van der Waals surface area (Å²) < 4.78 is 0. The maximum atomic E-state index is 11.8. The quantitative estimate of drug-likeness (QED) is 0.879. The van der Waals surface area contributed by atoms with Crippen LogP contribution in [0.5, 0.6) is 0 Å². The van der Waals surface area contributed by atoms with Crippen molar-refractivity contribution < 1.29 is 4.79 Å². The van der Waals surface area contributed by atoms with Crippen LogP contribution in [-0.2, 0) is 0 Å². The van der Waals surface area contributed by atoms with Crippen LogP contribution in [0.15, 0.2) is 24.4 Å². The van der Waals surface area contributed by atoms with E-state index in [0.29, 0.717) is 10.7 Å². The van der Waals surface area contributed by atoms with E-state index in [1.165, 1.54) is 6.20 Å². The summed E-state index contributed by atoms with van der Waals surface area (Å²) in [5, 5.41) is 9.77. The number of hydrogen-bond donors (Lipinski definition) is 2. The zero-order valence-electron chi connectivity index (χ0n) is 8.92. The number of aromatic nitrogens is 2. The number of rotatable bonds is 2. The van der Waals surface area contributed by atoms with Crippen LogP contribution in [-0.4, -0.2) is 16.1 Å². The van der Waals surface area contributed by atoms with Gasteiger partial charge >= 0.3 is 0 Å². The lowest BCUT2D eigenvalue weighted by atomic mass is 10.2. The number of hydrogen-bond acceptors (Lipinski definition) is 2. The van der Waals surface area contributed by atoms with Gasteiger partial charge in [-0.1, -0.05) is 29.3 Å². The summed E-state index contributed by atoms with van der Waals surface area (Å²) in [5.74, 6) is -0.349. The van der Waals surface area contributed by atoms with Gasteiger partial charge in [-0.15, -0.1) is 0 Å². The predicted octanol–water partition coefficient (Wildman–Crippen LogP) is 3.28. The largest absolute Gasteiger partial charge is 0.320 e. The summed E-state index contributed by atoms with van der Waals surface area (Å²) in [6.07, 6.45) is 1.38. The maximum absolute atomic E-state index is 11.8. The molecule has 6 heteroatoms. The fraction of sp³-hybridized carbons (Fsp3) is 0.0909. The Morgan fingerprint density at radius 2 is 2.18 bits per heavy atom. The molecule has 0 bridgehead atoms. The van der Waals surface area contributed by atoms with Gasteiger partial charge in [0.25, 0.3) is 5.91 Å². The third kappa shape index (κ3) is 2.60. The van der Waals surface area contributed by atoms with Gasteiger partial charge in [-0.05, 0) is 24.6 Å². The van der Waals surface area contributed by atoms with Crippen molar-refractivity contribution in [3.63, 3.8) is 0 Å². The summed E-state index contributed by atoms with van der Waals surface area (Å²) in [7, 11) is 0. The second-order valence-corrected chi connectivity index (χ2v) is 4.35. The van der Waals surface area contributed by atoms with Gasteiger partial charge in [0.15, 0.2) is 0 Å². The zero-order valence-corrected chi connectivity index (χ0v) is 10.4. The monoisotopic (exact) mass is 269 g/mol. The highest BCUT2D eigenvalue weighted by molar-refractivity contribution is 6.34. The second kappa shape index (κ2) is 4.77. The van der Waals surface area contributed by atoms with Crippen molar-refractivity contribution in [1.82, 2.24) is 10.2 Å². The molecule has 17 heavy (non-hydrogen) atoms. The maximum Gasteiger partial charge on any atom is 0.275 e. The summed E-state index contributed by atoms with van der Waals surface area (Å²) >= 11 is 11.7. The van der Waals surface area contributed by atoms with Crippen LogP contribution in [0.4, 0.5) is 5.69 Å². The number of amides is 1. The molecule has 0 saturated carbocycles. The summed E-state index contributed by atoms with van der Waals surface area (Å²) in [5.41, 5.74) is 1.79. The lowest BCUT2D eigenvalue weighted by Crippen LogP contribution is -2.13. The molecule has 0 aliphatic carbocycles. The van der Waals surface area contributed by atoms with Crippen molar-refractivity contribution in [3.8, 4) is 0 Å². The zero-order chi connectivity index (χ0) is 12.4. The van der Waals surface area contributed by atoms with E-state index in [1.54, 1.807) is 12.1 Å². The SMILES string of the molecule is Cc1ccc(Cl)cc1NC(=O)c1[nH]ncc1Cl. The number of anilines is 1. The molecule has 0 aliphatic rings. The van der Waals surface area contributed by atoms with Gasteiger partial charge in [-0.3, -0.25) is 9.89 Å². The first kappa shape index (κ1) is 12.0. The van der Waals surface area contributed by atoms with E-state index >= 15 is 0 Å². The Hall–Kier alpha value is -1.52. The van der Waals surface area contributed by atoms with Crippen LogP contribution < -0.4 is 5.32 Å². The topological polar surface area (TPSA) is 57.8 Å². The molecule has 88 valence electrons. The molecule has 1 heterocycles. The van der Waals surface area contributed by atoms with E-state index in [4.69, 9.17) is 23.2 Å². The Morgan fingerprint density at radius 1 is 1.41 bits per heavy atom. The third-order valence-electron chi connectivity index (χ3n) is 2.27. The van der Waals surface area contributed by atoms with Crippen LogP contribution in [0.25, 0.3) is 0 Å². The number of halogens is 2. The van der Waals surface area contributed by atoms with Crippen LogP contribution in [0.3, 0.4) is 0 Å². The van der Waals surface area contributed by atoms with Gasteiger partial charge in [0.05, 0.1) is 11.2 Å². The molecule has 1 aromatic heterocycles. The molecular weight excluding hydrogens is 261 g/mol. The molecular formula is C11H9Cl2N3O. The van der Waals surface area contributed by atoms with Gasteiger partial charge in [-0.25, -0.2) is 0 Å². The van der Waals surface area contributed by atoms with E-state index in [2.05, 4.69) is 15.5 Å². The molecule has 2 aromatic rings. The molecule has 1 amide bonds. The number of carbonyl (C=O) groups excluding carboxylic acids is 1. The molecule has 0 fully saturated rings. The van der Waals surface area contributed by atoms with E-state index in [-0.39, 0.29) is 16.6 Å². The van der Waals surface area contributed by atoms with E-state index < -0.39 is 0 Å². The van der Waals surface area contributed by atoms with Crippen LogP contribution in [0, 0.1) is 6.92 Å². The Labute approximate surface area is 108 Å². The molecule has 0 atom stereocenters. The fourth-order valence-electron chi connectivity index (χ4n) is 1.34. The number of carbonyl (C=O) groups is 1. The predicted molar refractivity (Wildman–Crippen MR) is 67.7 cm³/mol. The summed E-state index contributed by atoms with van der Waals surface area (Å²) in [6.45, 7) is 1.88. The Bertz CT molecular complexity index is 566. The second-order valence-electron chi connectivity index (χ2n) is 3.51. The summed E-state index contributed by atoms with van der Waals surface area (Å²) in [6, 6.07) is 5.27. The van der Waals surface area contributed by atoms with Crippen molar-refractivity contribution in [2.75, 3.05) is 5.32 Å². The van der Waals surface area contributed by atoms with Crippen molar-refractivity contribution in [2.45, 2.75) is 6.92 Å². The number of aryl methyl sites for hydroxylation is 1. The Kier molecular flexibility index (Phi) is 3.36. The van der Waals surface area contributed by atoms with Crippen LogP contribution in [0.1, 0.15) is 16.1 Å². The number of benzene rings is 1. The molecule has 0 spiro atoms. The minimum Gasteiger partial charge on any atom is -0.320 e. The molecule has 1 aromatic carbocycles. The average molecular weight is 270 g/mol. The van der Waals surface area contributed by atoms with Gasteiger partial charge in [0.1, 0.15) is 5.69 Å². The van der Waals surface area contributed by atoms with Crippen molar-refractivity contribution in [3.05, 3.63) is 45.7 Å². The van der Waals surface area contributed by atoms with Gasteiger partial charge < -0.3 is 5.32 Å². The van der Waals surface area contributed by atoms with Gasteiger partial charge in [-0.2, -0.15) is 5.10 Å². The Balaban J connectivity index is 2.24. The highest BCUT2D eigenvalue weighted by Gasteiger charge is 2.13. The smallest absolute Gasteiger partial charge is 0.275 e. The first-order valence-corrected chi connectivity index (χ1v) is 5.60. The molecule has 0 aliphatic heterocycles. The standard InChI is InChI=1S/C11H9Cl2N3O/c1-6-2-3-7(12)4-9(6)15-11(17)10-8(13)5-14-16-10/h2-5H,1H3,(H,14,16)(H,15,17). The van der Waals surface area contributed by atoms with E-state index in [9.17, 15) is 4.79 Å². The normalized spacial score (nSPS) is 10.3. The number of nitrogens with one attached hydrogen (secondary N) is 2. The lowest BCUT2D eigenvalue weighted by Gasteiger charge is -2.07. The highest BCUT2D eigenvalue weighted by Crippen LogP contribution is 2.21. The number of H-pyrrole nitrogens is 1. The minimum atomic E-state index is -0.349. The minimum absolute atomic E-state index is 0.228. The highest BCUT2D eigenvalue weighted by atomic mass is 35.5. The molecule has 0 saturated heterocycles. The van der Waals surface area contributed by atoms with Crippen molar-refractivity contribution in [2.24, 2.45) is 0 Å². The number of nitrogens with zero attached hydrogens (tertiary/aromatic N) is 1. The van der Waals surface area contributed by atoms with Gasteiger partial charge in [0, 0.05) is 10.7 Å². The molecule has 4 nitrogen and oxygen atoms in total. The molecule has 0 radical (unpaired) electrons. The lowest BCUT2D eigenvalue weighted by molar-refractivity contribution is 0.102. The first-order valence-electron chi connectivity index (χ1n) is 4.84. The fourth-order valence-corrected chi connectivity index (χ4v) is 1.69. The van der Waals surface area contributed by atoms with Crippen molar-refractivity contribution >= 4 is 34.8 Å². The average Bonchev–Trinajstić information content (AvgIpc) is 2.70. The molecule has 2 N–H and O–H groups in total. The van der Waals surface area contributed by atoms with Crippen LogP contribution in [0.2, 0.25) is 10.0 Å². The number of aromatic amines is 1. The van der Waals surface area contributed by atoms with E-state index in [1.807, 2.05) is 13.0 Å².